The molecule has 102 valence electrons. The van der Waals surface area contributed by atoms with Crippen molar-refractivity contribution in [3.8, 4) is 0 Å². The van der Waals surface area contributed by atoms with Crippen molar-refractivity contribution in [2.24, 2.45) is 7.05 Å². The summed E-state index contributed by atoms with van der Waals surface area (Å²) < 4.78 is 1.75. The van der Waals surface area contributed by atoms with Gasteiger partial charge in [0.05, 0.1) is 22.3 Å². The Hall–Kier alpha value is -1.83. The lowest BCUT2D eigenvalue weighted by molar-refractivity contribution is -0.115. The normalized spacial score (nSPS) is 12.4. The van der Waals surface area contributed by atoms with E-state index in [2.05, 4.69) is 25.6 Å². The molecule has 2 N–H and O–H groups in total. The fourth-order valence-corrected chi connectivity index (χ4v) is 2.37. The van der Waals surface area contributed by atoms with Crippen LogP contribution in [0.5, 0.6) is 0 Å². The van der Waals surface area contributed by atoms with E-state index in [1.54, 1.807) is 4.68 Å². The molecule has 1 atom stereocenters. The lowest BCUT2D eigenvalue weighted by Gasteiger charge is -2.10. The van der Waals surface area contributed by atoms with Crippen LogP contribution in [0.2, 0.25) is 0 Å². The second kappa shape index (κ2) is 5.43. The Labute approximate surface area is 115 Å². The van der Waals surface area contributed by atoms with Crippen LogP contribution in [-0.4, -0.2) is 36.1 Å². The van der Waals surface area contributed by atoms with E-state index >= 15 is 0 Å². The minimum atomic E-state index is -0.271. The highest BCUT2D eigenvalue weighted by Crippen LogP contribution is 2.22. The summed E-state index contributed by atoms with van der Waals surface area (Å²) in [5.41, 5.74) is 2.52. The Morgan fingerprint density at radius 3 is 2.79 bits per heavy atom. The van der Waals surface area contributed by atoms with Gasteiger partial charge in [-0.2, -0.15) is 10.2 Å². The number of hydrogen-bond acceptors (Lipinski definition) is 5. The van der Waals surface area contributed by atoms with Crippen molar-refractivity contribution >= 4 is 23.4 Å². The van der Waals surface area contributed by atoms with Gasteiger partial charge in [0.2, 0.25) is 5.91 Å². The number of aryl methyl sites for hydroxylation is 2. The Balaban J connectivity index is 2.04. The fourth-order valence-electron chi connectivity index (χ4n) is 1.65. The van der Waals surface area contributed by atoms with E-state index < -0.39 is 0 Å². The first-order chi connectivity index (χ1) is 8.99. The topological polar surface area (TPSA) is 88.5 Å². The molecule has 1 amide bonds. The summed E-state index contributed by atoms with van der Waals surface area (Å²) in [5, 5.41) is 14.0. The molecule has 8 heteroatoms. The molecule has 0 spiro atoms. The van der Waals surface area contributed by atoms with E-state index in [0.29, 0.717) is 5.16 Å². The van der Waals surface area contributed by atoms with Gasteiger partial charge in [-0.05, 0) is 20.8 Å². The lowest BCUT2D eigenvalue weighted by atomic mass is 10.3. The van der Waals surface area contributed by atoms with Gasteiger partial charge >= 0.3 is 0 Å². The van der Waals surface area contributed by atoms with Crippen LogP contribution in [0.15, 0.2) is 11.5 Å². The number of hydrogen-bond donors (Lipinski definition) is 2. The third-order valence-corrected chi connectivity index (χ3v) is 3.80. The molecule has 2 heterocycles. The number of nitrogens with zero attached hydrogens (tertiary/aromatic N) is 4. The standard InChI is InChI=1S/C11H16N6OS/c1-6-9(7(2)17(4)16-6)14-10(18)8(3)19-11-12-5-13-15-11/h5,8H,1-4H3,(H,14,18)(H,12,13,15)/t8-/m0/s1. The molecule has 0 unspecified atom stereocenters. The fraction of sp³-hybridized carbons (Fsp3) is 0.455. The van der Waals surface area contributed by atoms with Crippen LogP contribution in [0.1, 0.15) is 18.3 Å². The number of anilines is 1. The molecule has 0 aliphatic carbocycles. The van der Waals surface area contributed by atoms with Crippen LogP contribution in [0, 0.1) is 13.8 Å². The number of aromatic nitrogens is 5. The first-order valence-electron chi connectivity index (χ1n) is 5.82. The van der Waals surface area contributed by atoms with E-state index in [0.717, 1.165) is 17.1 Å². The quantitative estimate of drug-likeness (QED) is 0.823. The highest BCUT2D eigenvalue weighted by atomic mass is 32.2. The van der Waals surface area contributed by atoms with Gasteiger partial charge in [0.1, 0.15) is 6.33 Å². The molecule has 2 aromatic heterocycles. The van der Waals surface area contributed by atoms with Crippen LogP contribution in [0.25, 0.3) is 0 Å². The zero-order chi connectivity index (χ0) is 14.0. The van der Waals surface area contributed by atoms with E-state index in [1.807, 2.05) is 27.8 Å². The zero-order valence-corrected chi connectivity index (χ0v) is 12.1. The van der Waals surface area contributed by atoms with Crippen molar-refractivity contribution in [1.82, 2.24) is 25.0 Å². The van der Waals surface area contributed by atoms with Crippen molar-refractivity contribution in [3.05, 3.63) is 17.7 Å². The maximum absolute atomic E-state index is 12.1. The minimum absolute atomic E-state index is 0.0828. The molecular weight excluding hydrogens is 264 g/mol. The average Bonchev–Trinajstić information content (AvgIpc) is 2.94. The predicted molar refractivity (Wildman–Crippen MR) is 73.0 cm³/mol. The monoisotopic (exact) mass is 280 g/mol. The number of rotatable bonds is 4. The van der Waals surface area contributed by atoms with Gasteiger partial charge in [-0.15, -0.1) is 0 Å². The van der Waals surface area contributed by atoms with Crippen LogP contribution >= 0.6 is 11.8 Å². The van der Waals surface area contributed by atoms with Gasteiger partial charge in [-0.25, -0.2) is 4.98 Å². The lowest BCUT2D eigenvalue weighted by Crippen LogP contribution is -2.23. The second-order valence-corrected chi connectivity index (χ2v) is 5.54. The Kier molecular flexibility index (Phi) is 3.89. The summed E-state index contributed by atoms with van der Waals surface area (Å²) in [7, 11) is 1.85. The molecule has 19 heavy (non-hydrogen) atoms. The average molecular weight is 280 g/mol. The van der Waals surface area contributed by atoms with Gasteiger partial charge in [-0.3, -0.25) is 14.6 Å². The molecule has 0 aliphatic rings. The predicted octanol–water partition coefficient (Wildman–Crippen LogP) is 1.27. The van der Waals surface area contributed by atoms with Crippen LogP contribution in [0.4, 0.5) is 5.69 Å². The summed E-state index contributed by atoms with van der Waals surface area (Å²) in [6, 6.07) is 0. The first-order valence-corrected chi connectivity index (χ1v) is 6.70. The highest BCUT2D eigenvalue weighted by molar-refractivity contribution is 8.00. The van der Waals surface area contributed by atoms with Crippen molar-refractivity contribution in [1.29, 1.82) is 0 Å². The van der Waals surface area contributed by atoms with Gasteiger partial charge in [-0.1, -0.05) is 11.8 Å². The molecule has 0 bridgehead atoms. The Bertz CT molecular complexity index is 576. The van der Waals surface area contributed by atoms with Crippen LogP contribution < -0.4 is 5.32 Å². The summed E-state index contributed by atoms with van der Waals surface area (Å²) in [6.45, 7) is 5.62. The molecule has 0 aliphatic heterocycles. The number of nitrogens with one attached hydrogen (secondary N) is 2. The molecule has 2 rings (SSSR count). The van der Waals surface area contributed by atoms with E-state index in [9.17, 15) is 4.79 Å². The number of aromatic amines is 1. The highest BCUT2D eigenvalue weighted by Gasteiger charge is 2.19. The molecule has 2 aromatic rings. The smallest absolute Gasteiger partial charge is 0.237 e. The van der Waals surface area contributed by atoms with Gasteiger partial charge in [0.25, 0.3) is 0 Å². The summed E-state index contributed by atoms with van der Waals surface area (Å²) in [5.74, 6) is -0.0828. The van der Waals surface area contributed by atoms with Gasteiger partial charge in [0, 0.05) is 7.05 Å². The molecule has 0 saturated heterocycles. The summed E-state index contributed by atoms with van der Waals surface area (Å²) in [4.78, 5) is 16.1. The number of carbonyl (C=O) groups is 1. The Morgan fingerprint density at radius 2 is 2.26 bits per heavy atom. The van der Waals surface area contributed by atoms with Crippen molar-refractivity contribution in [3.63, 3.8) is 0 Å². The van der Waals surface area contributed by atoms with Crippen molar-refractivity contribution < 1.29 is 4.79 Å². The maximum Gasteiger partial charge on any atom is 0.237 e. The van der Waals surface area contributed by atoms with Crippen LogP contribution in [0.3, 0.4) is 0 Å². The maximum atomic E-state index is 12.1. The largest absolute Gasteiger partial charge is 0.322 e. The van der Waals surface area contributed by atoms with E-state index in [-0.39, 0.29) is 11.2 Å². The summed E-state index contributed by atoms with van der Waals surface area (Å²) in [6.07, 6.45) is 1.42. The third-order valence-electron chi connectivity index (χ3n) is 2.81. The van der Waals surface area contributed by atoms with Crippen molar-refractivity contribution in [2.75, 3.05) is 5.32 Å². The molecule has 0 aromatic carbocycles. The third kappa shape index (κ3) is 2.95. The molecule has 0 saturated carbocycles. The van der Waals surface area contributed by atoms with Gasteiger partial charge in [0.15, 0.2) is 5.16 Å². The number of thioether (sulfide) groups is 1. The summed E-state index contributed by atoms with van der Waals surface area (Å²) >= 11 is 1.33. The molecule has 0 radical (unpaired) electrons. The van der Waals surface area contributed by atoms with Crippen molar-refractivity contribution in [2.45, 2.75) is 31.2 Å². The molecule has 0 fully saturated rings. The van der Waals surface area contributed by atoms with E-state index in [4.69, 9.17) is 0 Å². The second-order valence-electron chi connectivity index (χ2n) is 4.21. The Morgan fingerprint density at radius 1 is 1.53 bits per heavy atom. The molecular formula is C11H16N6OS. The van der Waals surface area contributed by atoms with E-state index in [1.165, 1.54) is 18.1 Å². The molecule has 7 nitrogen and oxygen atoms in total. The SMILES string of the molecule is Cc1nn(C)c(C)c1NC(=O)[C@H](C)Sc1ncn[nH]1. The number of carbonyl (C=O) groups excluding carboxylic acids is 1. The number of amides is 1. The zero-order valence-electron chi connectivity index (χ0n) is 11.3. The number of H-pyrrole nitrogens is 1. The minimum Gasteiger partial charge on any atom is -0.322 e. The first kappa shape index (κ1) is 13.6. The van der Waals surface area contributed by atoms with Gasteiger partial charge < -0.3 is 5.32 Å². The van der Waals surface area contributed by atoms with Crippen LogP contribution in [-0.2, 0) is 11.8 Å².